The normalized spacial score (nSPS) is 10.3. The summed E-state index contributed by atoms with van der Waals surface area (Å²) in [5.41, 5.74) is 0.498. The first-order valence-electron chi connectivity index (χ1n) is 6.82. The van der Waals surface area contributed by atoms with Gasteiger partial charge in [-0.15, -0.1) is 5.10 Å². The quantitative estimate of drug-likeness (QED) is 0.522. The molecule has 0 unspecified atom stereocenters. The van der Waals surface area contributed by atoms with Crippen LogP contribution in [0.25, 0.3) is 0 Å². The third kappa shape index (κ3) is 7.88. The molecule has 118 valence electrons. The highest BCUT2D eigenvalue weighted by molar-refractivity contribution is 5.73. The number of rotatable bonds is 10. The summed E-state index contributed by atoms with van der Waals surface area (Å²) in [5.74, 6) is -0.998. The number of carbonyl (C=O) groups excluding carboxylic acids is 1. The maximum absolute atomic E-state index is 11.5. The van der Waals surface area contributed by atoms with Crippen molar-refractivity contribution in [2.24, 2.45) is 0 Å². The van der Waals surface area contributed by atoms with Crippen molar-refractivity contribution < 1.29 is 19.4 Å². The molecule has 0 aliphatic rings. The van der Waals surface area contributed by atoms with Crippen LogP contribution < -0.4 is 10.6 Å². The van der Waals surface area contributed by atoms with Crippen molar-refractivity contribution in [3.8, 4) is 0 Å². The van der Waals surface area contributed by atoms with Crippen molar-refractivity contribution in [3.05, 3.63) is 11.9 Å². The molecule has 0 aromatic carbocycles. The number of carboxylic acids is 1. The number of urea groups is 1. The van der Waals surface area contributed by atoms with E-state index in [9.17, 15) is 9.59 Å². The monoisotopic (exact) mass is 299 g/mol. The van der Waals surface area contributed by atoms with Gasteiger partial charge in [0.15, 0.2) is 0 Å². The highest BCUT2D eigenvalue weighted by atomic mass is 16.5. The average Bonchev–Trinajstić information content (AvgIpc) is 2.87. The number of carbonyl (C=O) groups is 2. The van der Waals surface area contributed by atoms with Crippen LogP contribution in [0.4, 0.5) is 4.79 Å². The first kappa shape index (κ1) is 16.9. The highest BCUT2D eigenvalue weighted by Crippen LogP contribution is 1.92. The van der Waals surface area contributed by atoms with Crippen LogP contribution in [0, 0.1) is 0 Å². The van der Waals surface area contributed by atoms with Crippen molar-refractivity contribution in [2.75, 3.05) is 19.8 Å². The molecular weight excluding hydrogens is 278 g/mol. The van der Waals surface area contributed by atoms with Crippen molar-refractivity contribution in [1.29, 1.82) is 0 Å². The van der Waals surface area contributed by atoms with E-state index in [1.54, 1.807) is 0 Å². The number of carboxylic acid groups (broad SMARTS) is 1. The molecule has 0 spiro atoms. The fourth-order valence-corrected chi connectivity index (χ4v) is 1.49. The summed E-state index contributed by atoms with van der Waals surface area (Å²) in [6, 6.07) is -0.307. The average molecular weight is 299 g/mol. The highest BCUT2D eigenvalue weighted by Gasteiger charge is 2.05. The lowest BCUT2D eigenvalue weighted by Crippen LogP contribution is -2.36. The number of aromatic nitrogens is 3. The Balaban J connectivity index is 2.12. The predicted octanol–water partition coefficient (Wildman–Crippen LogP) is -0.0214. The fraction of sp³-hybridized carbons (Fsp3) is 0.667. The van der Waals surface area contributed by atoms with E-state index in [4.69, 9.17) is 9.84 Å². The van der Waals surface area contributed by atoms with Gasteiger partial charge in [-0.25, -0.2) is 9.48 Å². The fourth-order valence-electron chi connectivity index (χ4n) is 1.49. The third-order valence-corrected chi connectivity index (χ3v) is 2.41. The number of amides is 2. The van der Waals surface area contributed by atoms with Gasteiger partial charge in [-0.1, -0.05) is 12.1 Å². The van der Waals surface area contributed by atoms with Crippen LogP contribution >= 0.6 is 0 Å². The minimum absolute atomic E-state index is 0.192. The molecule has 2 amide bonds. The van der Waals surface area contributed by atoms with Crippen molar-refractivity contribution in [2.45, 2.75) is 32.9 Å². The zero-order chi connectivity index (χ0) is 15.5. The summed E-state index contributed by atoms with van der Waals surface area (Å²) in [6.45, 7) is 3.87. The molecule has 1 heterocycles. The SMILES string of the molecule is CCCOCCCNC(=O)NCc1cn(CC(=O)O)nn1. The first-order chi connectivity index (χ1) is 10.1. The van der Waals surface area contributed by atoms with E-state index >= 15 is 0 Å². The van der Waals surface area contributed by atoms with Crippen LogP contribution in [-0.2, 0) is 22.6 Å². The van der Waals surface area contributed by atoms with Gasteiger partial charge < -0.3 is 20.5 Å². The summed E-state index contributed by atoms with van der Waals surface area (Å²) in [6.07, 6.45) is 3.21. The number of ether oxygens (including phenoxy) is 1. The van der Waals surface area contributed by atoms with Crippen LogP contribution in [0.1, 0.15) is 25.5 Å². The van der Waals surface area contributed by atoms with E-state index in [1.807, 2.05) is 6.92 Å². The molecule has 0 radical (unpaired) electrons. The van der Waals surface area contributed by atoms with Gasteiger partial charge in [-0.3, -0.25) is 4.79 Å². The molecular formula is C12H21N5O4. The maximum atomic E-state index is 11.5. The van der Waals surface area contributed by atoms with Gasteiger partial charge in [0.05, 0.1) is 12.7 Å². The van der Waals surface area contributed by atoms with E-state index in [-0.39, 0.29) is 19.1 Å². The number of aliphatic carboxylic acids is 1. The molecule has 0 saturated heterocycles. The Kier molecular flexibility index (Phi) is 7.80. The van der Waals surface area contributed by atoms with Gasteiger partial charge in [0, 0.05) is 19.8 Å². The minimum Gasteiger partial charge on any atom is -0.480 e. The number of hydrogen-bond donors (Lipinski definition) is 3. The largest absolute Gasteiger partial charge is 0.480 e. The Hall–Kier alpha value is -2.16. The van der Waals surface area contributed by atoms with Gasteiger partial charge >= 0.3 is 12.0 Å². The zero-order valence-electron chi connectivity index (χ0n) is 12.0. The number of hydrogen-bond acceptors (Lipinski definition) is 5. The van der Waals surface area contributed by atoms with Crippen molar-refractivity contribution >= 4 is 12.0 Å². The molecule has 1 rings (SSSR count). The maximum Gasteiger partial charge on any atom is 0.325 e. The van der Waals surface area contributed by atoms with Crippen LogP contribution in [0.5, 0.6) is 0 Å². The molecule has 0 aliphatic carbocycles. The third-order valence-electron chi connectivity index (χ3n) is 2.41. The lowest BCUT2D eigenvalue weighted by Gasteiger charge is -2.06. The Morgan fingerprint density at radius 1 is 1.38 bits per heavy atom. The molecule has 9 nitrogen and oxygen atoms in total. The van der Waals surface area contributed by atoms with Crippen LogP contribution in [-0.4, -0.2) is 51.9 Å². The van der Waals surface area contributed by atoms with E-state index in [0.717, 1.165) is 19.4 Å². The number of nitrogens with zero attached hydrogens (tertiary/aromatic N) is 3. The van der Waals surface area contributed by atoms with Gasteiger partial charge in [-0.2, -0.15) is 0 Å². The summed E-state index contributed by atoms with van der Waals surface area (Å²) in [7, 11) is 0. The van der Waals surface area contributed by atoms with Gasteiger partial charge in [0.25, 0.3) is 0 Å². The smallest absolute Gasteiger partial charge is 0.325 e. The summed E-state index contributed by atoms with van der Waals surface area (Å²) >= 11 is 0. The van der Waals surface area contributed by atoms with E-state index in [1.165, 1.54) is 10.9 Å². The standard InChI is InChI=1S/C12H21N5O4/c1-2-5-21-6-3-4-13-12(20)14-7-10-8-17(16-15-10)9-11(18)19/h8H,2-7,9H2,1H3,(H,18,19)(H2,13,14,20). The van der Waals surface area contributed by atoms with Crippen molar-refractivity contribution in [1.82, 2.24) is 25.6 Å². The minimum atomic E-state index is -0.998. The van der Waals surface area contributed by atoms with Gasteiger partial charge in [0.2, 0.25) is 0 Å². The molecule has 0 saturated carbocycles. The second-order valence-corrected chi connectivity index (χ2v) is 4.38. The second-order valence-electron chi connectivity index (χ2n) is 4.38. The second kappa shape index (κ2) is 9.70. The molecule has 0 aliphatic heterocycles. The summed E-state index contributed by atoms with van der Waals surface area (Å²) < 4.78 is 6.48. The molecule has 3 N–H and O–H groups in total. The first-order valence-corrected chi connectivity index (χ1v) is 6.82. The Bertz CT molecular complexity index is 449. The van der Waals surface area contributed by atoms with E-state index in [2.05, 4.69) is 20.9 Å². The molecule has 1 aromatic heterocycles. The van der Waals surface area contributed by atoms with Crippen LogP contribution in [0.2, 0.25) is 0 Å². The summed E-state index contributed by atoms with van der Waals surface area (Å²) in [4.78, 5) is 22.0. The molecule has 0 atom stereocenters. The van der Waals surface area contributed by atoms with E-state index in [0.29, 0.717) is 18.8 Å². The number of nitrogens with one attached hydrogen (secondary N) is 2. The van der Waals surface area contributed by atoms with E-state index < -0.39 is 5.97 Å². The molecule has 0 fully saturated rings. The van der Waals surface area contributed by atoms with Crippen molar-refractivity contribution in [3.63, 3.8) is 0 Å². The molecule has 21 heavy (non-hydrogen) atoms. The predicted molar refractivity (Wildman–Crippen MR) is 73.6 cm³/mol. The summed E-state index contributed by atoms with van der Waals surface area (Å²) in [5, 5.41) is 21.3. The topological polar surface area (TPSA) is 118 Å². The van der Waals surface area contributed by atoms with Gasteiger partial charge in [-0.05, 0) is 12.8 Å². The zero-order valence-corrected chi connectivity index (χ0v) is 12.0. The van der Waals surface area contributed by atoms with Crippen LogP contribution in [0.15, 0.2) is 6.20 Å². The lowest BCUT2D eigenvalue weighted by atomic mass is 10.4. The Morgan fingerprint density at radius 3 is 2.90 bits per heavy atom. The van der Waals surface area contributed by atoms with Crippen LogP contribution in [0.3, 0.4) is 0 Å². The Morgan fingerprint density at radius 2 is 2.19 bits per heavy atom. The molecule has 0 bridgehead atoms. The lowest BCUT2D eigenvalue weighted by molar-refractivity contribution is -0.137. The Labute approximate surface area is 122 Å². The van der Waals surface area contributed by atoms with Gasteiger partial charge in [0.1, 0.15) is 12.2 Å². The molecule has 1 aromatic rings. The molecule has 9 heteroatoms.